The number of aromatic nitrogens is 2. The maximum atomic E-state index is 6.94. The van der Waals surface area contributed by atoms with Gasteiger partial charge in [0.05, 0.1) is 31.5 Å². The molecule has 0 unspecified atom stereocenters. The number of nitrogens with zero attached hydrogens (tertiary/aromatic N) is 2. The number of hydrogen-bond acceptors (Lipinski definition) is 3. The minimum Gasteiger partial charge on any atom is -0.497 e. The van der Waals surface area contributed by atoms with Gasteiger partial charge in [-0.2, -0.15) is 5.10 Å². The maximum Gasteiger partial charge on any atom is 0.118 e. The molecule has 0 saturated heterocycles. The summed E-state index contributed by atoms with van der Waals surface area (Å²) in [5.41, 5.74) is 7.24. The number of benzene rings is 3. The molecule has 4 rings (SSSR count). The van der Waals surface area contributed by atoms with Crippen LogP contribution in [0.15, 0.2) is 66.7 Å². The molecule has 4 aromatic rings. The molecule has 158 valence electrons. The lowest BCUT2D eigenvalue weighted by atomic mass is 10.1. The van der Waals surface area contributed by atoms with Crippen molar-refractivity contribution in [2.45, 2.75) is 20.4 Å². The molecule has 5 heteroatoms. The van der Waals surface area contributed by atoms with E-state index in [0.717, 1.165) is 34.0 Å². The second-order valence-corrected chi connectivity index (χ2v) is 7.93. The first-order valence-corrected chi connectivity index (χ1v) is 10.5. The minimum atomic E-state index is 0.626. The van der Waals surface area contributed by atoms with Crippen molar-refractivity contribution in [3.05, 3.63) is 88.4 Å². The lowest BCUT2D eigenvalue weighted by molar-refractivity contribution is 0.414. The van der Waals surface area contributed by atoms with E-state index in [4.69, 9.17) is 26.2 Å². The lowest BCUT2D eigenvalue weighted by Crippen LogP contribution is -2.06. The highest BCUT2D eigenvalue weighted by atomic mass is 35.5. The predicted octanol–water partition coefficient (Wildman–Crippen LogP) is 6.55. The molecule has 3 aromatic carbocycles. The van der Waals surface area contributed by atoms with Crippen LogP contribution >= 0.6 is 11.6 Å². The van der Waals surface area contributed by atoms with Crippen molar-refractivity contribution in [3.63, 3.8) is 0 Å². The van der Waals surface area contributed by atoms with Crippen molar-refractivity contribution in [1.82, 2.24) is 9.78 Å². The van der Waals surface area contributed by atoms with Crippen LogP contribution in [0.5, 0.6) is 11.5 Å². The third kappa shape index (κ3) is 4.30. The van der Waals surface area contributed by atoms with Crippen LogP contribution in [0.25, 0.3) is 22.5 Å². The average molecular weight is 433 g/mol. The SMILES string of the molecule is COc1ccc(-c2nn(Cc3cc(C)ccc3C)c(-c3ccc(OC)cc3)c2Cl)cc1. The van der Waals surface area contributed by atoms with Gasteiger partial charge in [0.15, 0.2) is 0 Å². The lowest BCUT2D eigenvalue weighted by Gasteiger charge is -2.11. The number of methoxy groups -OCH3 is 2. The normalized spacial score (nSPS) is 10.9. The Labute approximate surface area is 188 Å². The molecule has 0 bridgehead atoms. The molecule has 4 nitrogen and oxygen atoms in total. The number of rotatable bonds is 6. The van der Waals surface area contributed by atoms with Crippen molar-refractivity contribution < 1.29 is 9.47 Å². The van der Waals surface area contributed by atoms with E-state index in [-0.39, 0.29) is 0 Å². The fraction of sp³-hybridized carbons (Fsp3) is 0.192. The largest absolute Gasteiger partial charge is 0.497 e. The zero-order valence-corrected chi connectivity index (χ0v) is 18.9. The molecule has 0 aliphatic carbocycles. The van der Waals surface area contributed by atoms with E-state index < -0.39 is 0 Å². The zero-order valence-electron chi connectivity index (χ0n) is 18.1. The third-order valence-electron chi connectivity index (χ3n) is 5.45. The van der Waals surface area contributed by atoms with Crippen LogP contribution in [-0.4, -0.2) is 24.0 Å². The quantitative estimate of drug-likeness (QED) is 0.346. The first-order valence-electron chi connectivity index (χ1n) is 10.1. The molecule has 0 aliphatic heterocycles. The van der Waals surface area contributed by atoms with Crippen molar-refractivity contribution in [2.75, 3.05) is 14.2 Å². The number of aryl methyl sites for hydroxylation is 2. The van der Waals surface area contributed by atoms with E-state index in [0.29, 0.717) is 11.6 Å². The Morgan fingerprint density at radius 3 is 1.97 bits per heavy atom. The Morgan fingerprint density at radius 2 is 1.39 bits per heavy atom. The summed E-state index contributed by atoms with van der Waals surface area (Å²) in [7, 11) is 3.32. The summed E-state index contributed by atoms with van der Waals surface area (Å²) in [6.07, 6.45) is 0. The predicted molar refractivity (Wildman–Crippen MR) is 126 cm³/mol. The highest BCUT2D eigenvalue weighted by Crippen LogP contribution is 2.38. The summed E-state index contributed by atoms with van der Waals surface area (Å²) in [4.78, 5) is 0. The van der Waals surface area contributed by atoms with Gasteiger partial charge in [0.1, 0.15) is 17.2 Å². The van der Waals surface area contributed by atoms with E-state index in [9.17, 15) is 0 Å². The van der Waals surface area contributed by atoms with Gasteiger partial charge in [0.2, 0.25) is 0 Å². The van der Waals surface area contributed by atoms with Gasteiger partial charge in [0.25, 0.3) is 0 Å². The topological polar surface area (TPSA) is 36.3 Å². The van der Waals surface area contributed by atoms with Gasteiger partial charge < -0.3 is 9.47 Å². The Morgan fingerprint density at radius 1 is 0.806 bits per heavy atom. The smallest absolute Gasteiger partial charge is 0.118 e. The van der Waals surface area contributed by atoms with Crippen molar-refractivity contribution in [3.8, 4) is 34.0 Å². The molecule has 0 N–H and O–H groups in total. The molecule has 31 heavy (non-hydrogen) atoms. The van der Waals surface area contributed by atoms with Crippen LogP contribution in [0.3, 0.4) is 0 Å². The maximum absolute atomic E-state index is 6.94. The molecule has 0 atom stereocenters. The Kier molecular flexibility index (Phi) is 6.01. The van der Waals surface area contributed by atoms with Crippen molar-refractivity contribution in [2.24, 2.45) is 0 Å². The minimum absolute atomic E-state index is 0.626. The van der Waals surface area contributed by atoms with E-state index >= 15 is 0 Å². The fourth-order valence-corrected chi connectivity index (χ4v) is 4.00. The summed E-state index contributed by atoms with van der Waals surface area (Å²) in [5.74, 6) is 1.60. The van der Waals surface area contributed by atoms with E-state index in [2.05, 4.69) is 32.0 Å². The summed E-state index contributed by atoms with van der Waals surface area (Å²) >= 11 is 6.94. The number of halogens is 1. The van der Waals surface area contributed by atoms with Crippen molar-refractivity contribution in [1.29, 1.82) is 0 Å². The molecular formula is C26H25ClN2O2. The first kappa shape index (κ1) is 21.0. The highest BCUT2D eigenvalue weighted by molar-refractivity contribution is 6.35. The molecule has 0 saturated carbocycles. The fourth-order valence-electron chi connectivity index (χ4n) is 3.64. The van der Waals surface area contributed by atoms with Gasteiger partial charge in [-0.05, 0) is 73.5 Å². The van der Waals surface area contributed by atoms with Gasteiger partial charge >= 0.3 is 0 Å². The summed E-state index contributed by atoms with van der Waals surface area (Å²) < 4.78 is 12.6. The van der Waals surface area contributed by atoms with Crippen LogP contribution in [0.2, 0.25) is 5.02 Å². The number of ether oxygens (including phenoxy) is 2. The first-order chi connectivity index (χ1) is 15.0. The zero-order chi connectivity index (χ0) is 22.0. The average Bonchev–Trinajstić information content (AvgIpc) is 3.12. The molecule has 0 fully saturated rings. The summed E-state index contributed by atoms with van der Waals surface area (Å²) in [5, 5.41) is 5.56. The van der Waals surface area contributed by atoms with Gasteiger partial charge in [0, 0.05) is 11.1 Å². The summed E-state index contributed by atoms with van der Waals surface area (Å²) in [6.45, 7) is 4.86. The van der Waals surface area contributed by atoms with Crippen LogP contribution in [0.1, 0.15) is 16.7 Å². The van der Waals surface area contributed by atoms with Crippen LogP contribution in [0.4, 0.5) is 0 Å². The second kappa shape index (κ2) is 8.86. The van der Waals surface area contributed by atoms with Gasteiger partial charge in [-0.1, -0.05) is 35.4 Å². The number of hydrogen-bond donors (Lipinski definition) is 0. The molecule has 1 heterocycles. The molecule has 0 spiro atoms. The second-order valence-electron chi connectivity index (χ2n) is 7.56. The molecule has 0 amide bonds. The van der Waals surface area contributed by atoms with E-state index in [1.165, 1.54) is 16.7 Å². The van der Waals surface area contributed by atoms with Gasteiger partial charge in [-0.3, -0.25) is 4.68 Å². The van der Waals surface area contributed by atoms with E-state index in [1.807, 2.05) is 53.2 Å². The summed E-state index contributed by atoms with van der Waals surface area (Å²) in [6, 6.07) is 22.2. The molecular weight excluding hydrogens is 408 g/mol. The Hall–Kier alpha value is -3.24. The Bertz CT molecular complexity index is 1200. The van der Waals surface area contributed by atoms with Gasteiger partial charge in [-0.25, -0.2) is 0 Å². The van der Waals surface area contributed by atoms with Crippen LogP contribution in [0, 0.1) is 13.8 Å². The van der Waals surface area contributed by atoms with E-state index in [1.54, 1.807) is 14.2 Å². The Balaban J connectivity index is 1.85. The molecule has 1 aromatic heterocycles. The van der Waals surface area contributed by atoms with Gasteiger partial charge in [-0.15, -0.1) is 0 Å². The standard InChI is InChI=1S/C26H25ClN2O2/c1-17-5-6-18(2)21(15-17)16-29-26(20-9-13-23(31-4)14-10-20)24(27)25(28-29)19-7-11-22(30-3)12-8-19/h5-15H,16H2,1-4H3. The van der Waals surface area contributed by atoms with Crippen LogP contribution < -0.4 is 9.47 Å². The van der Waals surface area contributed by atoms with Crippen LogP contribution in [-0.2, 0) is 6.54 Å². The third-order valence-corrected chi connectivity index (χ3v) is 5.80. The molecule has 0 aliphatic rings. The molecule has 0 radical (unpaired) electrons. The highest BCUT2D eigenvalue weighted by Gasteiger charge is 2.20. The monoisotopic (exact) mass is 432 g/mol. The van der Waals surface area contributed by atoms with Crippen molar-refractivity contribution >= 4 is 11.6 Å².